The first-order valence-corrected chi connectivity index (χ1v) is 10.5. The largest absolute Gasteiger partial charge is 0.484 e. The summed E-state index contributed by atoms with van der Waals surface area (Å²) in [6.07, 6.45) is 5.75. The number of carbonyl (C=O) groups excluding carboxylic acids is 1. The van der Waals surface area contributed by atoms with Gasteiger partial charge in [0.25, 0.3) is 5.91 Å². The Morgan fingerprint density at radius 3 is 2.36 bits per heavy atom. The summed E-state index contributed by atoms with van der Waals surface area (Å²) in [4.78, 5) is 12.4. The van der Waals surface area contributed by atoms with Gasteiger partial charge < -0.3 is 10.1 Å². The standard InChI is InChI=1S/C25H33NO2/c1-5-23(20-11-10-18-8-6-7-9-19(18)16-20)26-24(27)17-28-22-14-12-21(13-15-22)25(2,3)4/h10-16,23H,5-9,17H2,1-4H3,(H,26,27). The third kappa shape index (κ3) is 5.15. The predicted octanol–water partition coefficient (Wildman–Crippen LogP) is 5.51. The van der Waals surface area contributed by atoms with Gasteiger partial charge in [-0.3, -0.25) is 4.79 Å². The molecule has 0 fully saturated rings. The molecule has 3 rings (SSSR count). The average Bonchev–Trinajstić information content (AvgIpc) is 2.69. The summed E-state index contributed by atoms with van der Waals surface area (Å²) in [5.41, 5.74) is 5.48. The van der Waals surface area contributed by atoms with Crippen LogP contribution in [0.3, 0.4) is 0 Å². The van der Waals surface area contributed by atoms with Crippen molar-refractivity contribution in [2.45, 2.75) is 71.3 Å². The summed E-state index contributed by atoms with van der Waals surface area (Å²) in [7, 11) is 0. The fourth-order valence-electron chi connectivity index (χ4n) is 3.83. The molecule has 1 aliphatic rings. The van der Waals surface area contributed by atoms with Crippen molar-refractivity contribution in [3.8, 4) is 5.75 Å². The van der Waals surface area contributed by atoms with Crippen molar-refractivity contribution in [1.82, 2.24) is 5.32 Å². The van der Waals surface area contributed by atoms with Crippen molar-refractivity contribution in [2.24, 2.45) is 0 Å². The minimum atomic E-state index is -0.0792. The molecule has 0 saturated heterocycles. The summed E-state index contributed by atoms with van der Waals surface area (Å²) in [5.74, 6) is 0.648. The summed E-state index contributed by atoms with van der Waals surface area (Å²) >= 11 is 0. The highest BCUT2D eigenvalue weighted by Gasteiger charge is 2.17. The van der Waals surface area contributed by atoms with Gasteiger partial charge in [-0.25, -0.2) is 0 Å². The molecule has 1 amide bonds. The van der Waals surface area contributed by atoms with Crippen LogP contribution in [-0.4, -0.2) is 12.5 Å². The van der Waals surface area contributed by atoms with Gasteiger partial charge in [0.05, 0.1) is 6.04 Å². The van der Waals surface area contributed by atoms with Crippen LogP contribution in [0.2, 0.25) is 0 Å². The van der Waals surface area contributed by atoms with E-state index in [2.05, 4.69) is 63.3 Å². The van der Waals surface area contributed by atoms with E-state index in [4.69, 9.17) is 4.74 Å². The molecule has 150 valence electrons. The van der Waals surface area contributed by atoms with Gasteiger partial charge in [-0.05, 0) is 71.9 Å². The summed E-state index contributed by atoms with van der Waals surface area (Å²) in [5, 5.41) is 3.13. The highest BCUT2D eigenvalue weighted by molar-refractivity contribution is 5.78. The monoisotopic (exact) mass is 379 g/mol. The Morgan fingerprint density at radius 1 is 1.04 bits per heavy atom. The summed E-state index contributed by atoms with van der Waals surface area (Å²) < 4.78 is 5.70. The lowest BCUT2D eigenvalue weighted by Gasteiger charge is -2.22. The lowest BCUT2D eigenvalue weighted by atomic mass is 9.87. The first-order valence-electron chi connectivity index (χ1n) is 10.5. The zero-order chi connectivity index (χ0) is 20.1. The van der Waals surface area contributed by atoms with E-state index in [0.29, 0.717) is 0 Å². The maximum Gasteiger partial charge on any atom is 0.258 e. The van der Waals surface area contributed by atoms with Gasteiger partial charge in [0.1, 0.15) is 5.75 Å². The molecule has 2 aromatic carbocycles. The maximum atomic E-state index is 12.4. The number of aryl methyl sites for hydroxylation is 2. The Bertz CT molecular complexity index is 802. The molecule has 3 nitrogen and oxygen atoms in total. The highest BCUT2D eigenvalue weighted by atomic mass is 16.5. The summed E-state index contributed by atoms with van der Waals surface area (Å²) in [6.45, 7) is 8.69. The molecule has 0 aliphatic heterocycles. The van der Waals surface area contributed by atoms with Crippen LogP contribution in [0.4, 0.5) is 0 Å². The molecule has 0 saturated carbocycles. The Balaban J connectivity index is 1.57. The second kappa shape index (κ2) is 8.81. The van der Waals surface area contributed by atoms with E-state index in [1.54, 1.807) is 0 Å². The second-order valence-corrected chi connectivity index (χ2v) is 8.83. The number of benzene rings is 2. The molecule has 3 heteroatoms. The third-order valence-electron chi connectivity index (χ3n) is 5.61. The van der Waals surface area contributed by atoms with Gasteiger partial charge in [-0.1, -0.05) is 58.0 Å². The quantitative estimate of drug-likeness (QED) is 0.719. The summed E-state index contributed by atoms with van der Waals surface area (Å²) in [6, 6.07) is 14.7. The van der Waals surface area contributed by atoms with E-state index in [0.717, 1.165) is 18.6 Å². The molecule has 0 radical (unpaired) electrons. The van der Waals surface area contributed by atoms with Crippen molar-refractivity contribution in [3.05, 3.63) is 64.7 Å². The van der Waals surface area contributed by atoms with Gasteiger partial charge in [0.2, 0.25) is 0 Å². The van der Waals surface area contributed by atoms with Crippen molar-refractivity contribution >= 4 is 5.91 Å². The lowest BCUT2D eigenvalue weighted by molar-refractivity contribution is -0.123. The van der Waals surface area contributed by atoms with Crippen LogP contribution in [-0.2, 0) is 23.1 Å². The van der Waals surface area contributed by atoms with Gasteiger partial charge in [-0.15, -0.1) is 0 Å². The number of hydrogen-bond acceptors (Lipinski definition) is 2. The zero-order valence-corrected chi connectivity index (χ0v) is 17.7. The van der Waals surface area contributed by atoms with Crippen LogP contribution in [0.15, 0.2) is 42.5 Å². The molecule has 1 unspecified atom stereocenters. The lowest BCUT2D eigenvalue weighted by Crippen LogP contribution is -2.32. The number of carbonyl (C=O) groups is 1. The normalized spacial score (nSPS) is 14.9. The molecule has 1 aliphatic carbocycles. The van der Waals surface area contributed by atoms with Gasteiger partial charge >= 0.3 is 0 Å². The molecule has 2 aromatic rings. The molecule has 0 bridgehead atoms. The Hall–Kier alpha value is -2.29. The van der Waals surface area contributed by atoms with Crippen LogP contribution in [0.1, 0.15) is 75.3 Å². The maximum absolute atomic E-state index is 12.4. The second-order valence-electron chi connectivity index (χ2n) is 8.83. The fourth-order valence-corrected chi connectivity index (χ4v) is 3.83. The molecule has 0 spiro atoms. The Kier molecular flexibility index (Phi) is 6.43. The van der Waals surface area contributed by atoms with E-state index < -0.39 is 0 Å². The Labute approximate surface area is 169 Å². The molecule has 1 atom stereocenters. The molecular formula is C25H33NO2. The topological polar surface area (TPSA) is 38.3 Å². The van der Waals surface area contributed by atoms with Crippen molar-refractivity contribution in [1.29, 1.82) is 0 Å². The Morgan fingerprint density at radius 2 is 1.71 bits per heavy atom. The number of rotatable bonds is 6. The SMILES string of the molecule is CCC(NC(=O)COc1ccc(C(C)(C)C)cc1)c1ccc2c(c1)CCCC2. The van der Waals surface area contributed by atoms with Gasteiger partial charge in [0.15, 0.2) is 6.61 Å². The van der Waals surface area contributed by atoms with E-state index in [1.165, 1.54) is 41.5 Å². The predicted molar refractivity (Wildman–Crippen MR) is 115 cm³/mol. The average molecular weight is 380 g/mol. The van der Waals surface area contributed by atoms with Crippen LogP contribution < -0.4 is 10.1 Å². The highest BCUT2D eigenvalue weighted by Crippen LogP contribution is 2.26. The van der Waals surface area contributed by atoms with Gasteiger partial charge in [-0.2, -0.15) is 0 Å². The first-order chi connectivity index (χ1) is 13.4. The first kappa shape index (κ1) is 20.4. The zero-order valence-electron chi connectivity index (χ0n) is 17.7. The number of fused-ring (bicyclic) bond motifs is 1. The van der Waals surface area contributed by atoms with Crippen LogP contribution >= 0.6 is 0 Å². The van der Waals surface area contributed by atoms with Crippen molar-refractivity contribution < 1.29 is 9.53 Å². The van der Waals surface area contributed by atoms with Gasteiger partial charge in [0, 0.05) is 0 Å². The number of amides is 1. The van der Waals surface area contributed by atoms with E-state index in [-0.39, 0.29) is 24.0 Å². The van der Waals surface area contributed by atoms with Crippen molar-refractivity contribution in [3.63, 3.8) is 0 Å². The van der Waals surface area contributed by atoms with E-state index in [1.807, 2.05) is 12.1 Å². The minimum absolute atomic E-state index is 0.0339. The smallest absolute Gasteiger partial charge is 0.258 e. The fraction of sp³-hybridized carbons (Fsp3) is 0.480. The molecule has 0 heterocycles. The minimum Gasteiger partial charge on any atom is -0.484 e. The molecule has 0 aromatic heterocycles. The molecule has 28 heavy (non-hydrogen) atoms. The third-order valence-corrected chi connectivity index (χ3v) is 5.61. The molecule has 1 N–H and O–H groups in total. The van der Waals surface area contributed by atoms with Crippen molar-refractivity contribution in [2.75, 3.05) is 6.61 Å². The number of hydrogen-bond donors (Lipinski definition) is 1. The molecular weight excluding hydrogens is 346 g/mol. The van der Waals surface area contributed by atoms with E-state index in [9.17, 15) is 4.79 Å². The number of ether oxygens (including phenoxy) is 1. The van der Waals surface area contributed by atoms with Crippen LogP contribution in [0.25, 0.3) is 0 Å². The van der Waals surface area contributed by atoms with Crippen LogP contribution in [0, 0.1) is 0 Å². The van der Waals surface area contributed by atoms with E-state index >= 15 is 0 Å². The number of nitrogens with one attached hydrogen (secondary N) is 1. The van der Waals surface area contributed by atoms with Crippen LogP contribution in [0.5, 0.6) is 5.75 Å².